The van der Waals surface area contributed by atoms with Crippen LogP contribution in [-0.2, 0) is 6.61 Å². The highest BCUT2D eigenvalue weighted by atomic mass is 79.9. The molecule has 1 heterocycles. The molecule has 0 aliphatic rings. The second kappa shape index (κ2) is 7.27. The Morgan fingerprint density at radius 1 is 1.17 bits per heavy atom. The summed E-state index contributed by atoms with van der Waals surface area (Å²) >= 11 is 3.45. The highest BCUT2D eigenvalue weighted by Gasteiger charge is 2.05. The van der Waals surface area contributed by atoms with Gasteiger partial charge >= 0.3 is 6.01 Å². The van der Waals surface area contributed by atoms with Crippen molar-refractivity contribution in [1.29, 1.82) is 0 Å². The molecule has 122 valence electrons. The molecule has 0 aliphatic heterocycles. The predicted molar refractivity (Wildman–Crippen MR) is 92.5 cm³/mol. The molecular weight excluding hydrogens is 377 g/mol. The average molecular weight is 390 g/mol. The Hall–Kier alpha value is -2.67. The predicted octanol–water partition coefficient (Wildman–Crippen LogP) is 4.30. The fourth-order valence-corrected chi connectivity index (χ4v) is 2.50. The third kappa shape index (κ3) is 3.99. The lowest BCUT2D eigenvalue weighted by molar-refractivity contribution is 0.298. The van der Waals surface area contributed by atoms with Crippen molar-refractivity contribution in [2.75, 3.05) is 5.73 Å². The van der Waals surface area contributed by atoms with Gasteiger partial charge < -0.3 is 14.9 Å². The molecule has 7 heteroatoms. The minimum atomic E-state index is -0.285. The molecule has 0 atom stereocenters. The number of ether oxygens (including phenoxy) is 1. The molecule has 24 heavy (non-hydrogen) atoms. The van der Waals surface area contributed by atoms with Crippen LogP contribution in [0.5, 0.6) is 5.75 Å². The molecule has 0 fully saturated rings. The number of benzene rings is 2. The lowest BCUT2D eigenvalue weighted by Crippen LogP contribution is -1.98. The summed E-state index contributed by atoms with van der Waals surface area (Å²) < 4.78 is 25.1. The molecule has 0 unspecified atom stereocenters. The van der Waals surface area contributed by atoms with Crippen LogP contribution in [0.4, 0.5) is 10.4 Å². The zero-order chi connectivity index (χ0) is 16.9. The van der Waals surface area contributed by atoms with Gasteiger partial charge in [0.25, 0.3) is 0 Å². The van der Waals surface area contributed by atoms with Crippen molar-refractivity contribution < 1.29 is 13.5 Å². The molecule has 2 N–H and O–H groups in total. The van der Waals surface area contributed by atoms with E-state index in [1.165, 1.54) is 6.07 Å². The van der Waals surface area contributed by atoms with Crippen LogP contribution in [0, 0.1) is 5.82 Å². The fourth-order valence-electron chi connectivity index (χ4n) is 1.99. The molecule has 0 radical (unpaired) electrons. The van der Waals surface area contributed by atoms with Gasteiger partial charge in [-0.15, -0.1) is 5.10 Å². The summed E-state index contributed by atoms with van der Waals surface area (Å²) in [5, 5.41) is 7.31. The molecule has 0 bridgehead atoms. The van der Waals surface area contributed by atoms with E-state index in [1.807, 2.05) is 12.1 Å². The maximum atomic E-state index is 13.6. The van der Waals surface area contributed by atoms with Crippen molar-refractivity contribution in [3.8, 4) is 5.75 Å². The SMILES string of the molecule is Nc1nnc(/C=C/c2ccc(OCc3ccccc3F)c(Br)c2)o1. The van der Waals surface area contributed by atoms with Crippen LogP contribution in [0.1, 0.15) is 17.0 Å². The van der Waals surface area contributed by atoms with E-state index in [0.29, 0.717) is 17.2 Å². The van der Waals surface area contributed by atoms with E-state index in [1.54, 1.807) is 36.4 Å². The van der Waals surface area contributed by atoms with Crippen molar-refractivity contribution in [2.24, 2.45) is 0 Å². The highest BCUT2D eigenvalue weighted by Crippen LogP contribution is 2.27. The molecule has 0 spiro atoms. The lowest BCUT2D eigenvalue weighted by atomic mass is 10.2. The van der Waals surface area contributed by atoms with Gasteiger partial charge in [0.05, 0.1) is 4.47 Å². The van der Waals surface area contributed by atoms with Gasteiger partial charge in [0.1, 0.15) is 18.2 Å². The Balaban J connectivity index is 1.68. The van der Waals surface area contributed by atoms with Crippen LogP contribution >= 0.6 is 15.9 Å². The minimum absolute atomic E-state index is 0.0210. The first-order chi connectivity index (χ1) is 11.6. The van der Waals surface area contributed by atoms with Crippen molar-refractivity contribution in [3.05, 3.63) is 69.8 Å². The first-order valence-corrected chi connectivity index (χ1v) is 7.84. The summed E-state index contributed by atoms with van der Waals surface area (Å²) in [5.41, 5.74) is 6.76. The van der Waals surface area contributed by atoms with E-state index in [9.17, 15) is 4.39 Å². The number of hydrogen-bond donors (Lipinski definition) is 1. The topological polar surface area (TPSA) is 74.2 Å². The van der Waals surface area contributed by atoms with Crippen molar-refractivity contribution in [2.45, 2.75) is 6.61 Å². The number of nitrogen functional groups attached to an aromatic ring is 1. The van der Waals surface area contributed by atoms with E-state index in [-0.39, 0.29) is 18.4 Å². The quantitative estimate of drug-likeness (QED) is 0.703. The first-order valence-electron chi connectivity index (χ1n) is 7.04. The Labute approximate surface area is 146 Å². The summed E-state index contributed by atoms with van der Waals surface area (Å²) in [6.45, 7) is 0.154. The van der Waals surface area contributed by atoms with Crippen molar-refractivity contribution in [3.63, 3.8) is 0 Å². The average Bonchev–Trinajstić information content (AvgIpc) is 2.99. The summed E-state index contributed by atoms with van der Waals surface area (Å²) in [7, 11) is 0. The van der Waals surface area contributed by atoms with Gasteiger partial charge in [-0.05, 0) is 45.8 Å². The second-order valence-electron chi connectivity index (χ2n) is 4.88. The van der Waals surface area contributed by atoms with Gasteiger partial charge in [0.15, 0.2) is 0 Å². The number of halogens is 2. The molecule has 1 aromatic heterocycles. The molecule has 0 aliphatic carbocycles. The van der Waals surface area contributed by atoms with E-state index in [0.717, 1.165) is 10.0 Å². The van der Waals surface area contributed by atoms with Gasteiger partial charge in [-0.25, -0.2) is 4.39 Å². The Morgan fingerprint density at radius 2 is 2.00 bits per heavy atom. The zero-order valence-electron chi connectivity index (χ0n) is 12.4. The number of aromatic nitrogens is 2. The molecule has 3 aromatic rings. The van der Waals surface area contributed by atoms with Crippen LogP contribution in [0.15, 0.2) is 51.4 Å². The van der Waals surface area contributed by atoms with Crippen LogP contribution < -0.4 is 10.5 Å². The number of nitrogens with zero attached hydrogens (tertiary/aromatic N) is 2. The van der Waals surface area contributed by atoms with Crippen LogP contribution in [0.3, 0.4) is 0 Å². The Bertz CT molecular complexity index is 880. The summed E-state index contributed by atoms with van der Waals surface area (Å²) in [5.74, 6) is 0.660. The lowest BCUT2D eigenvalue weighted by Gasteiger charge is -2.09. The largest absolute Gasteiger partial charge is 0.488 e. The maximum absolute atomic E-state index is 13.6. The Morgan fingerprint density at radius 3 is 2.71 bits per heavy atom. The van der Waals surface area contributed by atoms with Gasteiger partial charge in [-0.3, -0.25) is 0 Å². The smallest absolute Gasteiger partial charge is 0.313 e. The molecule has 5 nitrogen and oxygen atoms in total. The molecule has 0 amide bonds. The van der Waals surface area contributed by atoms with Gasteiger partial charge in [0.2, 0.25) is 5.89 Å². The molecule has 0 saturated carbocycles. The molecule has 3 rings (SSSR count). The van der Waals surface area contributed by atoms with E-state index in [4.69, 9.17) is 14.9 Å². The van der Waals surface area contributed by atoms with Gasteiger partial charge in [-0.1, -0.05) is 29.4 Å². The number of anilines is 1. The summed E-state index contributed by atoms with van der Waals surface area (Å²) in [6, 6.07) is 12.1. The number of hydrogen-bond acceptors (Lipinski definition) is 5. The molecule has 0 saturated heterocycles. The maximum Gasteiger partial charge on any atom is 0.313 e. The Kier molecular flexibility index (Phi) is 4.90. The fraction of sp³-hybridized carbons (Fsp3) is 0.0588. The third-order valence-electron chi connectivity index (χ3n) is 3.17. The zero-order valence-corrected chi connectivity index (χ0v) is 14.0. The third-order valence-corrected chi connectivity index (χ3v) is 3.79. The monoisotopic (exact) mass is 389 g/mol. The van der Waals surface area contributed by atoms with Gasteiger partial charge in [0, 0.05) is 11.6 Å². The van der Waals surface area contributed by atoms with E-state index >= 15 is 0 Å². The summed E-state index contributed by atoms with van der Waals surface area (Å²) in [4.78, 5) is 0. The highest BCUT2D eigenvalue weighted by molar-refractivity contribution is 9.10. The van der Waals surface area contributed by atoms with Gasteiger partial charge in [-0.2, -0.15) is 0 Å². The van der Waals surface area contributed by atoms with Crippen LogP contribution in [-0.4, -0.2) is 10.2 Å². The van der Waals surface area contributed by atoms with Crippen LogP contribution in [0.25, 0.3) is 12.2 Å². The second-order valence-corrected chi connectivity index (χ2v) is 5.74. The number of nitrogens with two attached hydrogens (primary N) is 1. The van der Waals surface area contributed by atoms with Crippen molar-refractivity contribution in [1.82, 2.24) is 10.2 Å². The van der Waals surface area contributed by atoms with Crippen molar-refractivity contribution >= 4 is 34.1 Å². The standard InChI is InChI=1S/C17H13BrFN3O2/c18-13-9-11(6-8-16-21-22-17(20)24-16)5-7-15(13)23-10-12-3-1-2-4-14(12)19/h1-9H,10H2,(H2,20,22)/b8-6+. The normalized spacial score (nSPS) is 11.1. The van der Waals surface area contributed by atoms with E-state index < -0.39 is 0 Å². The first kappa shape index (κ1) is 16.2. The minimum Gasteiger partial charge on any atom is -0.488 e. The van der Waals surface area contributed by atoms with E-state index in [2.05, 4.69) is 26.1 Å². The molecule has 2 aromatic carbocycles. The molecular formula is C17H13BrFN3O2. The summed E-state index contributed by atoms with van der Waals surface area (Å²) in [6.07, 6.45) is 3.46. The van der Waals surface area contributed by atoms with Crippen LogP contribution in [0.2, 0.25) is 0 Å². The number of rotatable bonds is 5.